The lowest BCUT2D eigenvalue weighted by Gasteiger charge is -2.18. The molecule has 1 aliphatic rings. The Bertz CT molecular complexity index is 872. The van der Waals surface area contributed by atoms with Crippen LogP contribution in [0, 0.1) is 6.92 Å². The second-order valence-corrected chi connectivity index (χ2v) is 6.46. The van der Waals surface area contributed by atoms with E-state index in [4.69, 9.17) is 4.74 Å². The summed E-state index contributed by atoms with van der Waals surface area (Å²) in [6.07, 6.45) is -3.13. The summed E-state index contributed by atoms with van der Waals surface area (Å²) < 4.78 is 7.50. The van der Waals surface area contributed by atoms with Crippen molar-refractivity contribution in [3.63, 3.8) is 0 Å². The second-order valence-electron chi connectivity index (χ2n) is 6.46. The summed E-state index contributed by atoms with van der Waals surface area (Å²) in [6.45, 7) is 1.66. The Balaban J connectivity index is 1.86. The zero-order valence-electron chi connectivity index (χ0n) is 14.4. The smallest absolute Gasteiger partial charge is 0.333 e. The number of benzene rings is 1. The summed E-state index contributed by atoms with van der Waals surface area (Å²) in [4.78, 5) is 24.8. The molecule has 3 rings (SSSR count). The third kappa shape index (κ3) is 3.49. The lowest BCUT2D eigenvalue weighted by Crippen LogP contribution is -2.43. The number of hydrogen-bond donors (Lipinski definition) is 3. The van der Waals surface area contributed by atoms with Crippen molar-refractivity contribution in [1.82, 2.24) is 9.13 Å². The van der Waals surface area contributed by atoms with Crippen LogP contribution in [0.5, 0.6) is 0 Å². The molecule has 0 radical (unpaired) electrons. The van der Waals surface area contributed by atoms with E-state index in [2.05, 4.69) is 0 Å². The van der Waals surface area contributed by atoms with E-state index in [-0.39, 0.29) is 6.54 Å². The van der Waals surface area contributed by atoms with Gasteiger partial charge in [-0.2, -0.15) is 0 Å². The summed E-state index contributed by atoms with van der Waals surface area (Å²) in [5, 5.41) is 29.1. The minimum absolute atomic E-state index is 0.177. The maximum absolute atomic E-state index is 12.7. The molecule has 1 aliphatic heterocycles. The normalized spacial score (nSPS) is 25.5. The molecule has 0 bridgehead atoms. The lowest BCUT2D eigenvalue weighted by atomic mass is 10.1. The monoisotopic (exact) mass is 362 g/mol. The third-order valence-corrected chi connectivity index (χ3v) is 4.63. The molecule has 1 fully saturated rings. The van der Waals surface area contributed by atoms with Crippen LogP contribution in [-0.2, 0) is 17.7 Å². The summed E-state index contributed by atoms with van der Waals surface area (Å²) in [7, 11) is 0. The minimum Gasteiger partial charge on any atom is -0.394 e. The van der Waals surface area contributed by atoms with E-state index in [9.17, 15) is 24.9 Å². The molecule has 8 nitrogen and oxygen atoms in total. The van der Waals surface area contributed by atoms with E-state index in [0.717, 1.165) is 20.3 Å². The van der Waals surface area contributed by atoms with Crippen LogP contribution in [0.3, 0.4) is 0 Å². The van der Waals surface area contributed by atoms with Gasteiger partial charge in [-0.3, -0.25) is 13.9 Å². The van der Waals surface area contributed by atoms with Gasteiger partial charge in [-0.25, -0.2) is 4.79 Å². The van der Waals surface area contributed by atoms with Gasteiger partial charge in [0.2, 0.25) is 0 Å². The number of nitrogens with zero attached hydrogens (tertiary/aromatic N) is 2. The summed E-state index contributed by atoms with van der Waals surface area (Å²) in [6, 6.07) is 9.01. The van der Waals surface area contributed by atoms with E-state index < -0.39 is 42.4 Å². The molecule has 1 unspecified atom stereocenters. The van der Waals surface area contributed by atoms with E-state index in [1.165, 1.54) is 12.3 Å². The van der Waals surface area contributed by atoms with Crippen molar-refractivity contribution in [2.24, 2.45) is 0 Å². The number of ether oxygens (including phenoxy) is 1. The Kier molecular flexibility index (Phi) is 5.38. The van der Waals surface area contributed by atoms with E-state index in [0.29, 0.717) is 6.42 Å². The van der Waals surface area contributed by atoms with Crippen LogP contribution in [0.2, 0.25) is 0 Å². The number of aryl methyl sites for hydroxylation is 2. The Hall–Kier alpha value is -2.26. The first-order valence-corrected chi connectivity index (χ1v) is 8.42. The molecule has 3 N–H and O–H groups in total. The Labute approximate surface area is 149 Å². The van der Waals surface area contributed by atoms with Crippen molar-refractivity contribution in [3.8, 4) is 0 Å². The number of aliphatic hydroxyl groups is 3. The number of rotatable bonds is 5. The number of aromatic nitrogens is 2. The SMILES string of the molecule is Cc1ccc(CCn2c(=O)ccn([C@@H]3O[C@H](CO)[C@H](O)C3O)c2=O)cc1. The zero-order chi connectivity index (χ0) is 18.8. The molecule has 4 atom stereocenters. The predicted octanol–water partition coefficient (Wildman–Crippen LogP) is -0.827. The van der Waals surface area contributed by atoms with Crippen molar-refractivity contribution >= 4 is 0 Å². The highest BCUT2D eigenvalue weighted by molar-refractivity contribution is 5.21. The van der Waals surface area contributed by atoms with Gasteiger partial charge in [0.05, 0.1) is 6.61 Å². The highest BCUT2D eigenvalue weighted by Crippen LogP contribution is 2.27. The predicted molar refractivity (Wildman–Crippen MR) is 92.9 cm³/mol. The Morgan fingerprint density at radius 2 is 1.77 bits per heavy atom. The van der Waals surface area contributed by atoms with E-state index in [1.54, 1.807) is 0 Å². The van der Waals surface area contributed by atoms with E-state index in [1.807, 2.05) is 31.2 Å². The average Bonchev–Trinajstić information content (AvgIpc) is 2.91. The molecule has 2 aromatic rings. The third-order valence-electron chi connectivity index (χ3n) is 4.63. The summed E-state index contributed by atoms with van der Waals surface area (Å²) in [5.74, 6) is 0. The molecule has 0 aliphatic carbocycles. The minimum atomic E-state index is -1.38. The van der Waals surface area contributed by atoms with Crippen LogP contribution in [0.4, 0.5) is 0 Å². The molecule has 8 heteroatoms. The summed E-state index contributed by atoms with van der Waals surface area (Å²) in [5.41, 5.74) is 1.02. The van der Waals surface area contributed by atoms with E-state index >= 15 is 0 Å². The van der Waals surface area contributed by atoms with Crippen LogP contribution in [0.25, 0.3) is 0 Å². The zero-order valence-corrected chi connectivity index (χ0v) is 14.4. The Morgan fingerprint density at radius 1 is 1.08 bits per heavy atom. The van der Waals surface area contributed by atoms with Gasteiger partial charge in [0, 0.05) is 18.8 Å². The van der Waals surface area contributed by atoms with Crippen molar-refractivity contribution in [1.29, 1.82) is 0 Å². The summed E-state index contributed by atoms with van der Waals surface area (Å²) >= 11 is 0. The first-order valence-electron chi connectivity index (χ1n) is 8.42. The van der Waals surface area contributed by atoms with Crippen molar-refractivity contribution in [2.75, 3.05) is 6.61 Å². The Morgan fingerprint density at radius 3 is 2.38 bits per heavy atom. The van der Waals surface area contributed by atoms with Crippen molar-refractivity contribution in [2.45, 2.75) is 44.4 Å². The first kappa shape index (κ1) is 18.5. The van der Waals surface area contributed by atoms with Gasteiger partial charge in [0.1, 0.15) is 18.3 Å². The molecular weight excluding hydrogens is 340 g/mol. The van der Waals surface area contributed by atoms with Crippen LogP contribution >= 0.6 is 0 Å². The number of hydrogen-bond acceptors (Lipinski definition) is 6. The van der Waals surface area contributed by atoms with Gasteiger partial charge in [-0.05, 0) is 18.9 Å². The fraction of sp³-hybridized carbons (Fsp3) is 0.444. The molecule has 1 aromatic carbocycles. The molecule has 1 aromatic heterocycles. The first-order chi connectivity index (χ1) is 12.4. The largest absolute Gasteiger partial charge is 0.394 e. The van der Waals surface area contributed by atoms with Gasteiger partial charge < -0.3 is 20.1 Å². The van der Waals surface area contributed by atoms with Gasteiger partial charge in [-0.1, -0.05) is 29.8 Å². The second kappa shape index (κ2) is 7.55. The lowest BCUT2D eigenvalue weighted by molar-refractivity contribution is -0.0556. The van der Waals surface area contributed by atoms with Gasteiger partial charge in [0.15, 0.2) is 6.23 Å². The molecule has 1 saturated heterocycles. The van der Waals surface area contributed by atoms with Crippen LogP contribution in [0.15, 0.2) is 46.1 Å². The molecule has 140 valence electrons. The van der Waals surface area contributed by atoms with Gasteiger partial charge >= 0.3 is 5.69 Å². The average molecular weight is 362 g/mol. The van der Waals surface area contributed by atoms with Crippen molar-refractivity contribution < 1.29 is 20.1 Å². The molecule has 0 spiro atoms. The highest BCUT2D eigenvalue weighted by Gasteiger charge is 2.43. The van der Waals surface area contributed by atoms with Crippen molar-refractivity contribution in [3.05, 3.63) is 68.5 Å². The van der Waals surface area contributed by atoms with Crippen LogP contribution in [0.1, 0.15) is 17.4 Å². The maximum atomic E-state index is 12.7. The quantitative estimate of drug-likeness (QED) is 0.640. The van der Waals surface area contributed by atoms with Gasteiger partial charge in [0.25, 0.3) is 5.56 Å². The van der Waals surface area contributed by atoms with Crippen LogP contribution in [-0.4, -0.2) is 49.4 Å². The molecule has 26 heavy (non-hydrogen) atoms. The van der Waals surface area contributed by atoms with Crippen LogP contribution < -0.4 is 11.2 Å². The fourth-order valence-electron chi connectivity index (χ4n) is 3.04. The number of aliphatic hydroxyl groups excluding tert-OH is 3. The molecule has 0 saturated carbocycles. The molecule has 2 heterocycles. The maximum Gasteiger partial charge on any atom is 0.333 e. The molecular formula is C18H22N2O6. The van der Waals surface area contributed by atoms with Gasteiger partial charge in [-0.15, -0.1) is 0 Å². The standard InChI is InChI=1S/C18H22N2O6/c1-11-2-4-12(5-3-11)6-8-19-14(22)7-9-20(18(19)25)17-16(24)15(23)13(10-21)26-17/h2-5,7,9,13,15-17,21,23-24H,6,8,10H2,1H3/t13-,15+,16?,17-/m1/s1. The molecule has 0 amide bonds. The highest BCUT2D eigenvalue weighted by atomic mass is 16.6. The topological polar surface area (TPSA) is 114 Å². The fourth-order valence-corrected chi connectivity index (χ4v) is 3.04.